The Morgan fingerprint density at radius 2 is 2.25 bits per heavy atom. The molecular weight excluding hydrogens is 222 g/mol. The fourth-order valence-electron chi connectivity index (χ4n) is 1.44. The summed E-state index contributed by atoms with van der Waals surface area (Å²) >= 11 is 1.60. The Balaban J connectivity index is 2.60. The zero-order valence-electron chi connectivity index (χ0n) is 9.07. The maximum absolute atomic E-state index is 11.3. The molecule has 2 rings (SSSR count). The first-order valence-electron chi connectivity index (χ1n) is 4.77. The van der Waals surface area contributed by atoms with Gasteiger partial charge in [-0.1, -0.05) is 6.58 Å². The van der Waals surface area contributed by atoms with Gasteiger partial charge in [0.1, 0.15) is 17.0 Å². The summed E-state index contributed by atoms with van der Waals surface area (Å²) in [6.07, 6.45) is 2.68. The van der Waals surface area contributed by atoms with Crippen molar-refractivity contribution >= 4 is 33.3 Å². The van der Waals surface area contributed by atoms with E-state index in [4.69, 9.17) is 0 Å². The molecule has 2 aromatic rings. The molecule has 2 heterocycles. The minimum Gasteiger partial charge on any atom is -0.306 e. The van der Waals surface area contributed by atoms with Gasteiger partial charge in [-0.15, -0.1) is 11.3 Å². The van der Waals surface area contributed by atoms with E-state index in [9.17, 15) is 4.79 Å². The molecule has 0 saturated carbocycles. The largest absolute Gasteiger partial charge is 0.306 e. The smallest absolute Gasteiger partial charge is 0.248 e. The molecule has 0 aliphatic heterocycles. The molecule has 0 radical (unpaired) electrons. The van der Waals surface area contributed by atoms with Crippen LogP contribution in [0.2, 0.25) is 0 Å². The molecule has 0 aromatic carbocycles. The van der Waals surface area contributed by atoms with Crippen molar-refractivity contribution in [1.29, 1.82) is 0 Å². The number of amides is 1. The minimum atomic E-state index is -0.261. The Hall–Kier alpha value is -1.75. The van der Waals surface area contributed by atoms with Crippen molar-refractivity contribution < 1.29 is 4.79 Å². The number of aromatic nitrogens is 2. The zero-order valence-corrected chi connectivity index (χ0v) is 9.89. The molecule has 0 bridgehead atoms. The predicted octanol–water partition coefficient (Wildman–Crippen LogP) is 2.43. The fourth-order valence-corrected chi connectivity index (χ4v) is 2.44. The average Bonchev–Trinajstić information content (AvgIpc) is 2.56. The van der Waals surface area contributed by atoms with Crippen LogP contribution in [0.3, 0.4) is 0 Å². The predicted molar refractivity (Wildman–Crippen MR) is 65.7 cm³/mol. The lowest BCUT2D eigenvalue weighted by atomic mass is 10.2. The topological polar surface area (TPSA) is 54.9 Å². The Labute approximate surface area is 97.0 Å². The lowest BCUT2D eigenvalue weighted by Crippen LogP contribution is -2.09. The first-order valence-corrected chi connectivity index (χ1v) is 5.59. The molecule has 4 nitrogen and oxygen atoms in total. The number of nitrogens with one attached hydrogen (secondary N) is 1. The third kappa shape index (κ3) is 1.69. The molecule has 0 fully saturated rings. The van der Waals surface area contributed by atoms with Gasteiger partial charge >= 0.3 is 0 Å². The van der Waals surface area contributed by atoms with Gasteiger partial charge in [-0.05, 0) is 25.5 Å². The zero-order chi connectivity index (χ0) is 11.7. The molecule has 2 aromatic heterocycles. The lowest BCUT2D eigenvalue weighted by Gasteiger charge is -2.02. The summed E-state index contributed by atoms with van der Waals surface area (Å²) in [6, 6.07) is 0. The summed E-state index contributed by atoms with van der Waals surface area (Å²) < 4.78 is 0. The minimum absolute atomic E-state index is 0.261. The summed E-state index contributed by atoms with van der Waals surface area (Å²) in [6.45, 7) is 7.44. The number of anilines is 1. The monoisotopic (exact) mass is 233 g/mol. The van der Waals surface area contributed by atoms with Crippen LogP contribution in [0, 0.1) is 13.8 Å². The lowest BCUT2D eigenvalue weighted by molar-refractivity contribution is -0.111. The SMILES string of the molecule is C=CC(=O)Nc1ncnc2sc(C)c(C)c12. The van der Waals surface area contributed by atoms with E-state index < -0.39 is 0 Å². The van der Waals surface area contributed by atoms with Gasteiger partial charge in [0, 0.05) is 4.88 Å². The van der Waals surface area contributed by atoms with E-state index >= 15 is 0 Å². The molecule has 1 N–H and O–H groups in total. The second-order valence-corrected chi connectivity index (χ2v) is 4.58. The summed E-state index contributed by atoms with van der Waals surface area (Å²) in [5.74, 6) is 0.292. The normalized spacial score (nSPS) is 10.4. The Morgan fingerprint density at radius 1 is 1.50 bits per heavy atom. The highest BCUT2D eigenvalue weighted by atomic mass is 32.1. The number of hydrogen-bond donors (Lipinski definition) is 1. The van der Waals surface area contributed by atoms with Crippen LogP contribution in [0.15, 0.2) is 19.0 Å². The van der Waals surface area contributed by atoms with Crippen molar-refractivity contribution in [2.45, 2.75) is 13.8 Å². The van der Waals surface area contributed by atoms with Crippen LogP contribution in [0.5, 0.6) is 0 Å². The van der Waals surface area contributed by atoms with E-state index in [1.165, 1.54) is 17.3 Å². The second kappa shape index (κ2) is 4.02. The van der Waals surface area contributed by atoms with E-state index in [0.717, 1.165) is 15.8 Å². The number of carbonyl (C=O) groups is 1. The van der Waals surface area contributed by atoms with Gasteiger partial charge in [0.2, 0.25) is 5.91 Å². The third-order valence-electron chi connectivity index (χ3n) is 2.39. The van der Waals surface area contributed by atoms with E-state index in [0.29, 0.717) is 5.82 Å². The molecule has 1 amide bonds. The van der Waals surface area contributed by atoms with Crippen LogP contribution in [0.4, 0.5) is 5.82 Å². The number of hydrogen-bond acceptors (Lipinski definition) is 4. The van der Waals surface area contributed by atoms with Gasteiger partial charge in [0.05, 0.1) is 5.39 Å². The van der Waals surface area contributed by atoms with Crippen LogP contribution in [-0.4, -0.2) is 15.9 Å². The molecule has 0 atom stereocenters. The van der Waals surface area contributed by atoms with Gasteiger partial charge in [0.25, 0.3) is 0 Å². The Kier molecular flexibility index (Phi) is 2.70. The number of thiophene rings is 1. The van der Waals surface area contributed by atoms with Gasteiger partial charge in [0.15, 0.2) is 0 Å². The van der Waals surface area contributed by atoms with Crippen molar-refractivity contribution in [3.63, 3.8) is 0 Å². The van der Waals surface area contributed by atoms with E-state index in [2.05, 4.69) is 21.9 Å². The molecule has 0 aliphatic rings. The average molecular weight is 233 g/mol. The molecule has 0 spiro atoms. The summed E-state index contributed by atoms with van der Waals surface area (Å²) in [5.41, 5.74) is 1.11. The van der Waals surface area contributed by atoms with Gasteiger partial charge in [-0.25, -0.2) is 9.97 Å². The molecule has 82 valence electrons. The van der Waals surface area contributed by atoms with Crippen molar-refractivity contribution in [1.82, 2.24) is 9.97 Å². The van der Waals surface area contributed by atoms with E-state index in [1.54, 1.807) is 11.3 Å². The summed E-state index contributed by atoms with van der Waals surface area (Å²) in [7, 11) is 0. The number of fused-ring (bicyclic) bond motifs is 1. The summed E-state index contributed by atoms with van der Waals surface area (Å²) in [5, 5.41) is 3.60. The quantitative estimate of drug-likeness (QED) is 0.810. The summed E-state index contributed by atoms with van der Waals surface area (Å²) in [4.78, 5) is 21.6. The molecule has 16 heavy (non-hydrogen) atoms. The van der Waals surface area contributed by atoms with Gasteiger partial charge < -0.3 is 5.32 Å². The fraction of sp³-hybridized carbons (Fsp3) is 0.182. The highest BCUT2D eigenvalue weighted by molar-refractivity contribution is 7.18. The van der Waals surface area contributed by atoms with Crippen molar-refractivity contribution in [2.24, 2.45) is 0 Å². The molecule has 5 heteroatoms. The maximum atomic E-state index is 11.3. The molecule has 0 saturated heterocycles. The van der Waals surface area contributed by atoms with Crippen molar-refractivity contribution in [3.05, 3.63) is 29.4 Å². The van der Waals surface area contributed by atoms with Crippen LogP contribution < -0.4 is 5.32 Å². The van der Waals surface area contributed by atoms with Crippen LogP contribution in [0.25, 0.3) is 10.2 Å². The first kappa shape index (κ1) is 10.8. The third-order valence-corrected chi connectivity index (χ3v) is 3.51. The van der Waals surface area contributed by atoms with Crippen molar-refractivity contribution in [2.75, 3.05) is 5.32 Å². The number of carbonyl (C=O) groups excluding carboxylic acids is 1. The number of nitrogens with zero attached hydrogens (tertiary/aromatic N) is 2. The van der Waals surface area contributed by atoms with Crippen LogP contribution in [-0.2, 0) is 4.79 Å². The second-order valence-electron chi connectivity index (χ2n) is 3.38. The highest BCUT2D eigenvalue weighted by Crippen LogP contribution is 2.32. The van der Waals surface area contributed by atoms with Gasteiger partial charge in [-0.2, -0.15) is 0 Å². The standard InChI is InChI=1S/C11H11N3OS/c1-4-8(15)14-10-9-6(2)7(3)16-11(9)13-5-12-10/h4-5H,1H2,2-3H3,(H,12,13,14,15). The van der Waals surface area contributed by atoms with Crippen LogP contribution >= 0.6 is 11.3 Å². The Morgan fingerprint density at radius 3 is 2.94 bits per heavy atom. The van der Waals surface area contributed by atoms with Gasteiger partial charge in [-0.3, -0.25) is 4.79 Å². The van der Waals surface area contributed by atoms with E-state index in [1.807, 2.05) is 13.8 Å². The molecular formula is C11H11N3OS. The Bertz CT molecular complexity index is 574. The molecule has 0 aliphatic carbocycles. The highest BCUT2D eigenvalue weighted by Gasteiger charge is 2.12. The molecule has 0 unspecified atom stereocenters. The van der Waals surface area contributed by atoms with Crippen LogP contribution in [0.1, 0.15) is 10.4 Å². The number of aryl methyl sites for hydroxylation is 2. The van der Waals surface area contributed by atoms with Crippen molar-refractivity contribution in [3.8, 4) is 0 Å². The maximum Gasteiger partial charge on any atom is 0.248 e. The first-order chi connectivity index (χ1) is 7.63. The van der Waals surface area contributed by atoms with E-state index in [-0.39, 0.29) is 5.91 Å². The number of rotatable bonds is 2.